The van der Waals surface area contributed by atoms with Gasteiger partial charge in [-0.1, -0.05) is 18.2 Å². The fraction of sp³-hybridized carbons (Fsp3) is 0.188. The molecule has 2 N–H and O–H groups in total. The van der Waals surface area contributed by atoms with Crippen molar-refractivity contribution in [1.29, 1.82) is 0 Å². The number of hydrogen-bond acceptors (Lipinski definition) is 5. The van der Waals surface area contributed by atoms with Crippen LogP contribution in [-0.4, -0.2) is 30.2 Å². The van der Waals surface area contributed by atoms with Crippen LogP contribution in [0.3, 0.4) is 0 Å². The highest BCUT2D eigenvalue weighted by molar-refractivity contribution is 5.89. The minimum atomic E-state index is -0.520. The summed E-state index contributed by atoms with van der Waals surface area (Å²) < 4.78 is 11.3. The number of carbonyl (C=O) groups is 1. The highest BCUT2D eigenvalue weighted by Crippen LogP contribution is 2.30. The summed E-state index contributed by atoms with van der Waals surface area (Å²) in [5.74, 6) is 1.31. The zero-order chi connectivity index (χ0) is 16.9. The molecule has 0 aromatic heterocycles. The molecule has 124 valence electrons. The van der Waals surface area contributed by atoms with E-state index in [1.54, 1.807) is 12.1 Å². The summed E-state index contributed by atoms with van der Waals surface area (Å²) in [7, 11) is 0. The topological polar surface area (TPSA) is 103 Å². The Morgan fingerprint density at radius 2 is 2.00 bits per heavy atom. The van der Waals surface area contributed by atoms with Gasteiger partial charge in [0.05, 0.1) is 11.5 Å². The smallest absolute Gasteiger partial charge is 0.319 e. The molecule has 0 bridgehead atoms. The van der Waals surface area contributed by atoms with Crippen LogP contribution in [0, 0.1) is 10.1 Å². The number of benzene rings is 2. The second-order valence-corrected chi connectivity index (χ2v) is 5.14. The molecule has 0 aliphatic carbocycles. The van der Waals surface area contributed by atoms with E-state index >= 15 is 0 Å². The van der Waals surface area contributed by atoms with Gasteiger partial charge in [-0.25, -0.2) is 4.79 Å². The van der Waals surface area contributed by atoms with Gasteiger partial charge < -0.3 is 20.1 Å². The number of nitrogens with zero attached hydrogens (tertiary/aromatic N) is 1. The largest absolute Gasteiger partial charge is 0.486 e. The Hall–Kier alpha value is -3.29. The van der Waals surface area contributed by atoms with Crippen LogP contribution in [0.4, 0.5) is 16.2 Å². The Morgan fingerprint density at radius 1 is 1.21 bits per heavy atom. The van der Waals surface area contributed by atoms with E-state index in [1.165, 1.54) is 18.2 Å². The lowest BCUT2D eigenvalue weighted by molar-refractivity contribution is -0.384. The van der Waals surface area contributed by atoms with Gasteiger partial charge in [-0.2, -0.15) is 0 Å². The fourth-order valence-electron chi connectivity index (χ4n) is 2.24. The summed E-state index contributed by atoms with van der Waals surface area (Å²) in [5, 5.41) is 15.9. The van der Waals surface area contributed by atoms with Gasteiger partial charge in [0.15, 0.2) is 17.6 Å². The molecule has 0 radical (unpaired) electrons. The zero-order valence-electron chi connectivity index (χ0n) is 12.6. The molecular formula is C16H15N3O5. The van der Waals surface area contributed by atoms with Crippen molar-refractivity contribution in [3.8, 4) is 11.5 Å². The minimum absolute atomic E-state index is 0.0894. The standard InChI is InChI=1S/C16H15N3O5/c20-16(18-11-4-3-5-12(8-11)19(21)22)17-9-13-10-23-14-6-1-2-7-15(14)24-13/h1-8,13H,9-10H2,(H2,17,18,20). The van der Waals surface area contributed by atoms with Gasteiger partial charge in [0.2, 0.25) is 0 Å². The third-order valence-corrected chi connectivity index (χ3v) is 3.37. The van der Waals surface area contributed by atoms with Crippen molar-refractivity contribution in [2.75, 3.05) is 18.5 Å². The third kappa shape index (κ3) is 3.72. The Morgan fingerprint density at radius 3 is 2.79 bits per heavy atom. The van der Waals surface area contributed by atoms with Gasteiger partial charge in [0.25, 0.3) is 5.69 Å². The maximum absolute atomic E-state index is 11.9. The van der Waals surface area contributed by atoms with Gasteiger partial charge in [0, 0.05) is 17.8 Å². The molecule has 0 saturated carbocycles. The van der Waals surface area contributed by atoms with Crippen molar-refractivity contribution in [3.05, 3.63) is 58.6 Å². The molecule has 1 atom stereocenters. The van der Waals surface area contributed by atoms with Crippen LogP contribution in [0.25, 0.3) is 0 Å². The Kier molecular flexibility index (Phi) is 4.46. The molecule has 24 heavy (non-hydrogen) atoms. The van der Waals surface area contributed by atoms with Gasteiger partial charge in [0.1, 0.15) is 6.61 Å². The first kappa shape index (κ1) is 15.6. The van der Waals surface area contributed by atoms with Gasteiger partial charge in [-0.05, 0) is 18.2 Å². The number of nitro benzene ring substituents is 1. The van der Waals surface area contributed by atoms with E-state index in [-0.39, 0.29) is 18.3 Å². The van der Waals surface area contributed by atoms with E-state index in [9.17, 15) is 14.9 Å². The number of nitro groups is 1. The highest BCUT2D eigenvalue weighted by atomic mass is 16.6. The Balaban J connectivity index is 1.51. The SMILES string of the molecule is O=C(NCC1COc2ccccc2O1)Nc1cccc([N+](=O)[O-])c1. The van der Waals surface area contributed by atoms with Gasteiger partial charge in [-0.3, -0.25) is 10.1 Å². The number of hydrogen-bond donors (Lipinski definition) is 2. The molecule has 3 rings (SSSR count). The van der Waals surface area contributed by atoms with Crippen LogP contribution in [0.1, 0.15) is 0 Å². The summed E-state index contributed by atoms with van der Waals surface area (Å²) >= 11 is 0. The first-order chi connectivity index (χ1) is 11.6. The number of rotatable bonds is 4. The van der Waals surface area contributed by atoms with Crippen molar-refractivity contribution >= 4 is 17.4 Å². The number of non-ortho nitro benzene ring substituents is 1. The predicted molar refractivity (Wildman–Crippen MR) is 86.5 cm³/mol. The van der Waals surface area contributed by atoms with Gasteiger partial charge in [-0.15, -0.1) is 0 Å². The molecule has 0 spiro atoms. The lowest BCUT2D eigenvalue weighted by Gasteiger charge is -2.26. The van der Waals surface area contributed by atoms with E-state index in [1.807, 2.05) is 18.2 Å². The van der Waals surface area contributed by atoms with Crippen LogP contribution >= 0.6 is 0 Å². The second kappa shape index (κ2) is 6.86. The van der Waals surface area contributed by atoms with Crippen LogP contribution in [-0.2, 0) is 0 Å². The lowest BCUT2D eigenvalue weighted by atomic mass is 10.2. The normalized spacial score (nSPS) is 15.4. The van der Waals surface area contributed by atoms with Crippen molar-refractivity contribution in [2.45, 2.75) is 6.10 Å². The average molecular weight is 329 g/mol. The van der Waals surface area contributed by atoms with Crippen molar-refractivity contribution in [3.63, 3.8) is 0 Å². The van der Waals surface area contributed by atoms with E-state index in [0.29, 0.717) is 23.8 Å². The Labute approximate surface area is 137 Å². The van der Waals surface area contributed by atoms with Crippen LogP contribution in [0.2, 0.25) is 0 Å². The number of nitrogens with one attached hydrogen (secondary N) is 2. The highest BCUT2D eigenvalue weighted by Gasteiger charge is 2.21. The average Bonchev–Trinajstić information content (AvgIpc) is 2.60. The molecule has 2 amide bonds. The van der Waals surface area contributed by atoms with Crippen molar-refractivity contribution in [1.82, 2.24) is 5.32 Å². The first-order valence-corrected chi connectivity index (χ1v) is 7.29. The van der Waals surface area contributed by atoms with Gasteiger partial charge >= 0.3 is 6.03 Å². The number of anilines is 1. The lowest BCUT2D eigenvalue weighted by Crippen LogP contribution is -2.42. The van der Waals surface area contributed by atoms with E-state index in [2.05, 4.69) is 10.6 Å². The number of urea groups is 1. The molecule has 1 aliphatic heterocycles. The molecule has 8 nitrogen and oxygen atoms in total. The number of para-hydroxylation sites is 2. The summed E-state index contributed by atoms with van der Waals surface area (Å²) in [4.78, 5) is 22.1. The molecule has 1 aliphatic rings. The van der Waals surface area contributed by atoms with Crippen LogP contribution in [0.5, 0.6) is 11.5 Å². The van der Waals surface area contributed by atoms with Crippen molar-refractivity contribution < 1.29 is 19.2 Å². The Bertz CT molecular complexity index is 765. The molecule has 1 unspecified atom stereocenters. The van der Waals surface area contributed by atoms with Crippen LogP contribution in [0.15, 0.2) is 48.5 Å². The molecular weight excluding hydrogens is 314 g/mol. The molecule has 1 heterocycles. The molecule has 0 saturated heterocycles. The number of ether oxygens (including phenoxy) is 2. The first-order valence-electron chi connectivity index (χ1n) is 7.29. The maximum Gasteiger partial charge on any atom is 0.319 e. The quantitative estimate of drug-likeness (QED) is 0.663. The molecule has 0 fully saturated rings. The molecule has 8 heteroatoms. The molecule has 2 aromatic rings. The summed E-state index contributed by atoms with van der Waals surface area (Å²) in [6.07, 6.45) is -0.309. The van der Waals surface area contributed by atoms with Crippen LogP contribution < -0.4 is 20.1 Å². The monoisotopic (exact) mass is 329 g/mol. The summed E-state index contributed by atoms with van der Waals surface area (Å²) in [6, 6.07) is 12.5. The van der Waals surface area contributed by atoms with E-state index in [4.69, 9.17) is 9.47 Å². The van der Waals surface area contributed by atoms with E-state index in [0.717, 1.165) is 0 Å². The van der Waals surface area contributed by atoms with E-state index < -0.39 is 11.0 Å². The zero-order valence-corrected chi connectivity index (χ0v) is 12.6. The molecule has 2 aromatic carbocycles. The fourth-order valence-corrected chi connectivity index (χ4v) is 2.24. The number of carbonyl (C=O) groups excluding carboxylic acids is 1. The number of amides is 2. The summed E-state index contributed by atoms with van der Waals surface area (Å²) in [5.41, 5.74) is 0.251. The third-order valence-electron chi connectivity index (χ3n) is 3.37. The summed E-state index contributed by atoms with van der Waals surface area (Å²) in [6.45, 7) is 0.573. The second-order valence-electron chi connectivity index (χ2n) is 5.14. The minimum Gasteiger partial charge on any atom is -0.486 e. The van der Waals surface area contributed by atoms with Crippen molar-refractivity contribution in [2.24, 2.45) is 0 Å². The number of fused-ring (bicyclic) bond motifs is 1. The predicted octanol–water partition coefficient (Wildman–Crippen LogP) is 2.56. The maximum atomic E-state index is 11.9.